The average Bonchev–Trinajstić information content (AvgIpc) is 3.98. The van der Waals surface area contributed by atoms with Gasteiger partial charge in [0.1, 0.15) is 0 Å². The number of benzene rings is 4. The number of aromatic nitrogens is 4. The van der Waals surface area contributed by atoms with E-state index in [1.54, 1.807) is 0 Å². The van der Waals surface area contributed by atoms with E-state index in [2.05, 4.69) is 156 Å². The Morgan fingerprint density at radius 3 is 0.725 bits per heavy atom. The summed E-state index contributed by atoms with van der Waals surface area (Å²) in [7, 11) is 0. The molecular weight excluding hydrogens is 774 g/mol. The van der Waals surface area contributed by atoms with Crippen LogP contribution in [0.2, 0.25) is 0 Å². The molecule has 0 amide bonds. The van der Waals surface area contributed by atoms with E-state index in [1.807, 2.05) is 24.3 Å². The first-order valence-corrected chi connectivity index (χ1v) is 16.2. The Bertz CT molecular complexity index is 2190. The van der Waals surface area contributed by atoms with Gasteiger partial charge in [-0.25, -0.2) is 9.97 Å². The van der Waals surface area contributed by atoms with Crippen molar-refractivity contribution in [2.45, 2.75) is 0 Å². The van der Waals surface area contributed by atoms with Crippen molar-refractivity contribution in [3.05, 3.63) is 168 Å². The Balaban J connectivity index is 0.00000149. The van der Waals surface area contributed by atoms with Crippen molar-refractivity contribution < 1.29 is 0 Å². The third-order valence-corrected chi connectivity index (χ3v) is 9.00. The number of nitrogens with one attached hydrogen (secondary N) is 2. The topological polar surface area (TPSA) is 57.4 Å². The van der Waals surface area contributed by atoms with Gasteiger partial charge in [0, 0.05) is 44.3 Å². The van der Waals surface area contributed by atoms with Crippen LogP contribution in [-0.2, 0) is 0 Å². The van der Waals surface area contributed by atoms with Gasteiger partial charge < -0.3 is 9.97 Å². The summed E-state index contributed by atoms with van der Waals surface area (Å²) >= 11 is 0. The second-order valence-electron chi connectivity index (χ2n) is 12.0. The van der Waals surface area contributed by atoms with Crippen LogP contribution < -0.4 is 0 Å². The van der Waals surface area contributed by atoms with E-state index in [-0.39, 0.29) is 48.7 Å². The van der Waals surface area contributed by atoms with E-state index in [9.17, 15) is 0 Å². The minimum atomic E-state index is 0. The summed E-state index contributed by atoms with van der Waals surface area (Å²) in [4.78, 5) is 18.3. The van der Waals surface area contributed by atoms with Crippen molar-refractivity contribution in [3.63, 3.8) is 0 Å². The molecule has 2 aliphatic heterocycles. The normalized spacial score (nSPS) is 11.3. The zero-order chi connectivity index (χ0) is 31.9. The summed E-state index contributed by atoms with van der Waals surface area (Å²) in [5, 5.41) is 0. The summed E-state index contributed by atoms with van der Waals surface area (Å²) in [6, 6.07) is 50.7. The van der Waals surface area contributed by atoms with Crippen LogP contribution in [0, 0.1) is 0 Å². The maximum atomic E-state index is 5.35. The summed E-state index contributed by atoms with van der Waals surface area (Å²) < 4.78 is 0. The van der Waals surface area contributed by atoms with Gasteiger partial charge in [-0.2, -0.15) is 0 Å². The third-order valence-electron chi connectivity index (χ3n) is 9.00. The van der Waals surface area contributed by atoms with Crippen molar-refractivity contribution in [2.24, 2.45) is 0 Å². The van der Waals surface area contributed by atoms with Crippen molar-refractivity contribution in [3.8, 4) is 44.5 Å². The summed E-state index contributed by atoms with van der Waals surface area (Å²) in [5.74, 6) is 0. The molecule has 7 aromatic rings. The van der Waals surface area contributed by atoms with Crippen LogP contribution in [0.1, 0.15) is 22.8 Å². The number of nitrogens with zero attached hydrogens (tertiary/aromatic N) is 2. The standard InChI is InChI=1S/C44H30N4.2ClH.Sn.2H/c1-5-13-29(14-6-1)41-33-21-23-35(45-33)42(30-15-7-2-8-16-30)37-25-27-39(47-37)44(32-19-11-4-12-20-32)40-28-26-38(48-40)43(31-17-9-3-10-18-31)36-24-22-34(41)46-36;;;;;/h1-28,45,48H;2*1H;;;. The van der Waals surface area contributed by atoms with E-state index < -0.39 is 0 Å². The van der Waals surface area contributed by atoms with Gasteiger partial charge in [-0.05, 0) is 70.8 Å². The molecule has 4 aromatic carbocycles. The molecule has 7 heteroatoms. The second-order valence-corrected chi connectivity index (χ2v) is 12.0. The Hall–Kier alpha value is -5.14. The zero-order valence-electron chi connectivity index (χ0n) is 27.6. The second kappa shape index (κ2) is 15.4. The van der Waals surface area contributed by atoms with Crippen LogP contribution in [0.4, 0.5) is 0 Å². The number of hydrogen-bond acceptors (Lipinski definition) is 2. The molecule has 0 saturated carbocycles. The number of hydrogen-bond donors (Lipinski definition) is 2. The van der Waals surface area contributed by atoms with Gasteiger partial charge in [0.25, 0.3) is 0 Å². The molecule has 9 rings (SSSR count). The minimum absolute atomic E-state index is 0. The summed E-state index contributed by atoms with van der Waals surface area (Å²) in [5.41, 5.74) is 16.2. The van der Waals surface area contributed by atoms with E-state index in [0.717, 1.165) is 89.4 Å². The van der Waals surface area contributed by atoms with Gasteiger partial charge in [0.2, 0.25) is 0 Å². The molecule has 2 radical (unpaired) electrons. The number of aromatic amines is 2. The zero-order valence-corrected chi connectivity index (χ0v) is 33.3. The van der Waals surface area contributed by atoms with Crippen LogP contribution in [-0.4, -0.2) is 43.8 Å². The molecule has 4 nitrogen and oxygen atoms in total. The quantitative estimate of drug-likeness (QED) is 0.174. The van der Waals surface area contributed by atoms with Gasteiger partial charge >= 0.3 is 23.9 Å². The van der Waals surface area contributed by atoms with Crippen molar-refractivity contribution in [1.29, 1.82) is 0 Å². The Kier molecular flexibility index (Phi) is 10.8. The molecule has 3 aromatic heterocycles. The van der Waals surface area contributed by atoms with Crippen LogP contribution in [0.25, 0.3) is 90.9 Å². The number of rotatable bonds is 4. The molecule has 248 valence electrons. The van der Waals surface area contributed by atoms with Gasteiger partial charge in [0.15, 0.2) is 0 Å². The van der Waals surface area contributed by atoms with Crippen LogP contribution in [0.15, 0.2) is 146 Å². The van der Waals surface area contributed by atoms with E-state index in [4.69, 9.17) is 9.97 Å². The SMILES string of the molecule is C1=Cc2nc1c(-c1ccccc1)c1ccc([nH]1)c(-c1ccccc1)c1nc(c(-c3ccccc3)c3ccc([nH]3)c2-c2ccccc2)C=C1.Cl.Cl.[SnH2]. The Morgan fingerprint density at radius 2 is 0.510 bits per heavy atom. The van der Waals surface area contributed by atoms with Crippen LogP contribution >= 0.6 is 24.8 Å². The predicted octanol–water partition coefficient (Wildman–Crippen LogP) is 11.3. The predicted molar refractivity (Wildman–Crippen MR) is 224 cm³/mol. The molecule has 0 saturated heterocycles. The molecule has 51 heavy (non-hydrogen) atoms. The fraction of sp³-hybridized carbons (Fsp3) is 0. The molecule has 2 aliphatic rings. The van der Waals surface area contributed by atoms with Gasteiger partial charge in [-0.3, -0.25) is 0 Å². The molecule has 8 bridgehead atoms. The fourth-order valence-electron chi connectivity index (χ4n) is 6.84. The number of H-pyrrole nitrogens is 2. The molecule has 0 fully saturated rings. The molecule has 0 aliphatic carbocycles. The molecular formula is C44H34Cl2N4Sn. The van der Waals surface area contributed by atoms with Gasteiger partial charge in [-0.1, -0.05) is 121 Å². The maximum absolute atomic E-state index is 5.35. The van der Waals surface area contributed by atoms with Crippen LogP contribution in [0.5, 0.6) is 0 Å². The van der Waals surface area contributed by atoms with Crippen LogP contribution in [0.3, 0.4) is 0 Å². The van der Waals surface area contributed by atoms with E-state index in [0.29, 0.717) is 0 Å². The first-order valence-electron chi connectivity index (χ1n) is 16.2. The number of halogens is 2. The molecule has 5 heterocycles. The molecule has 0 unspecified atom stereocenters. The Labute approximate surface area is 325 Å². The van der Waals surface area contributed by atoms with Crippen molar-refractivity contribution in [1.82, 2.24) is 19.9 Å². The van der Waals surface area contributed by atoms with Crippen molar-refractivity contribution in [2.75, 3.05) is 0 Å². The first kappa shape index (κ1) is 35.7. The Morgan fingerprint density at radius 1 is 0.294 bits per heavy atom. The average molecular weight is 808 g/mol. The fourth-order valence-corrected chi connectivity index (χ4v) is 6.84. The molecule has 0 atom stereocenters. The summed E-state index contributed by atoms with van der Waals surface area (Å²) in [6.07, 6.45) is 8.54. The number of fused-ring (bicyclic) bond motifs is 8. The third kappa shape index (κ3) is 6.70. The van der Waals surface area contributed by atoms with Gasteiger partial charge in [-0.15, -0.1) is 24.8 Å². The monoisotopic (exact) mass is 808 g/mol. The van der Waals surface area contributed by atoms with Gasteiger partial charge in [0.05, 0.1) is 22.8 Å². The first-order chi connectivity index (χ1) is 23.8. The van der Waals surface area contributed by atoms with E-state index in [1.165, 1.54) is 0 Å². The van der Waals surface area contributed by atoms with Crippen molar-refractivity contribution >= 4 is 95.1 Å². The van der Waals surface area contributed by atoms with E-state index >= 15 is 0 Å². The molecule has 0 spiro atoms. The summed E-state index contributed by atoms with van der Waals surface area (Å²) in [6.45, 7) is 0. The molecule has 2 N–H and O–H groups in total.